The number of rotatable bonds is 4. The van der Waals surface area contributed by atoms with Gasteiger partial charge in [0.2, 0.25) is 0 Å². The fraction of sp³-hybridized carbons (Fsp3) is 0.217. The fourth-order valence-corrected chi connectivity index (χ4v) is 3.83. The van der Waals surface area contributed by atoms with Crippen molar-refractivity contribution in [3.8, 4) is 17.5 Å². The third-order valence-corrected chi connectivity index (χ3v) is 5.53. The number of phenols is 1. The second kappa shape index (κ2) is 8.32. The van der Waals surface area contributed by atoms with Crippen LogP contribution < -0.4 is 15.5 Å². The van der Waals surface area contributed by atoms with Crippen molar-refractivity contribution in [2.45, 2.75) is 0 Å². The number of nitrogens with zero attached hydrogens (tertiary/aromatic N) is 4. The van der Waals surface area contributed by atoms with Crippen LogP contribution in [0, 0.1) is 11.3 Å². The van der Waals surface area contributed by atoms with Crippen molar-refractivity contribution in [1.29, 1.82) is 5.26 Å². The van der Waals surface area contributed by atoms with Crippen LogP contribution in [-0.2, 0) is 4.74 Å². The maximum Gasteiger partial charge on any atom is 0.357 e. The van der Waals surface area contributed by atoms with E-state index in [0.29, 0.717) is 0 Å². The molecule has 0 unspecified atom stereocenters. The maximum atomic E-state index is 12.2. The second-order valence-electron chi connectivity index (χ2n) is 7.29. The average molecular weight is 417 g/mol. The number of ether oxygens (including phenoxy) is 1. The Balaban J connectivity index is 1.50. The maximum absolute atomic E-state index is 12.2. The number of phenolic OH excluding ortho intramolecular Hbond substituents is 1. The number of esters is 1. The number of aromatic nitrogens is 1. The summed E-state index contributed by atoms with van der Waals surface area (Å²) in [6, 6.07) is 17.1. The molecule has 2 heterocycles. The molecule has 0 amide bonds. The number of nitriles is 1. The molecule has 1 aromatic heterocycles. The SMILES string of the molecule is COC(=O)c1c(N)c(C#N)cn1-c1ccc(N2CCN(c3ccc(O)cc3)CC2)cc1. The molecule has 8 nitrogen and oxygen atoms in total. The standard InChI is InChI=1S/C23H23N5O3/c1-31-23(30)22-21(25)16(14-24)15-28(22)19-4-2-17(3-5-19)26-10-12-27(13-11-26)18-6-8-20(29)9-7-18/h2-9,15,29H,10-13,25H2,1H3. The summed E-state index contributed by atoms with van der Waals surface area (Å²) in [5.41, 5.74) is 9.37. The highest BCUT2D eigenvalue weighted by Gasteiger charge is 2.22. The van der Waals surface area contributed by atoms with Gasteiger partial charge in [0.15, 0.2) is 5.69 Å². The number of nitrogens with two attached hydrogens (primary N) is 1. The van der Waals surface area contributed by atoms with Crippen LogP contribution in [0.4, 0.5) is 17.1 Å². The number of hydrogen-bond donors (Lipinski definition) is 2. The van der Waals surface area contributed by atoms with E-state index in [4.69, 9.17) is 10.5 Å². The average Bonchev–Trinajstić information content (AvgIpc) is 3.15. The molecule has 31 heavy (non-hydrogen) atoms. The number of methoxy groups -OCH3 is 1. The molecule has 2 aromatic carbocycles. The number of carbonyl (C=O) groups excluding carboxylic acids is 1. The molecular weight excluding hydrogens is 394 g/mol. The third-order valence-electron chi connectivity index (χ3n) is 5.53. The summed E-state index contributed by atoms with van der Waals surface area (Å²) < 4.78 is 6.42. The fourth-order valence-electron chi connectivity index (χ4n) is 3.83. The van der Waals surface area contributed by atoms with Gasteiger partial charge < -0.3 is 29.9 Å². The Morgan fingerprint density at radius 2 is 1.45 bits per heavy atom. The van der Waals surface area contributed by atoms with E-state index < -0.39 is 5.97 Å². The summed E-state index contributed by atoms with van der Waals surface area (Å²) in [5.74, 6) is -0.322. The van der Waals surface area contributed by atoms with Gasteiger partial charge in [-0.3, -0.25) is 0 Å². The summed E-state index contributed by atoms with van der Waals surface area (Å²) >= 11 is 0. The van der Waals surface area contributed by atoms with Gasteiger partial charge in [-0.15, -0.1) is 0 Å². The zero-order chi connectivity index (χ0) is 22.0. The van der Waals surface area contributed by atoms with Crippen molar-refractivity contribution in [3.05, 3.63) is 66.0 Å². The molecule has 0 spiro atoms. The molecule has 3 N–H and O–H groups in total. The van der Waals surface area contributed by atoms with Gasteiger partial charge in [0.25, 0.3) is 0 Å². The molecule has 4 rings (SSSR count). The Kier molecular flexibility index (Phi) is 5.41. The smallest absolute Gasteiger partial charge is 0.357 e. The van der Waals surface area contributed by atoms with Crippen LogP contribution in [0.5, 0.6) is 5.75 Å². The van der Waals surface area contributed by atoms with Crippen LogP contribution in [0.2, 0.25) is 0 Å². The second-order valence-corrected chi connectivity index (χ2v) is 7.29. The molecule has 1 aliphatic rings. The highest BCUT2D eigenvalue weighted by molar-refractivity contribution is 5.96. The Hall–Kier alpha value is -4.12. The van der Waals surface area contributed by atoms with Gasteiger partial charge >= 0.3 is 5.97 Å². The zero-order valence-electron chi connectivity index (χ0n) is 17.2. The third kappa shape index (κ3) is 3.85. The quantitative estimate of drug-likeness (QED) is 0.629. The van der Waals surface area contributed by atoms with Gasteiger partial charge in [0.05, 0.1) is 18.4 Å². The molecule has 0 atom stereocenters. The molecule has 0 aliphatic carbocycles. The van der Waals surface area contributed by atoms with Crippen molar-refractivity contribution < 1.29 is 14.6 Å². The zero-order valence-corrected chi connectivity index (χ0v) is 17.2. The van der Waals surface area contributed by atoms with E-state index in [1.807, 2.05) is 42.5 Å². The van der Waals surface area contributed by atoms with Crippen LogP contribution >= 0.6 is 0 Å². The van der Waals surface area contributed by atoms with Gasteiger partial charge in [-0.05, 0) is 48.5 Å². The summed E-state index contributed by atoms with van der Waals surface area (Å²) in [4.78, 5) is 16.8. The molecular formula is C23H23N5O3. The monoisotopic (exact) mass is 417 g/mol. The molecule has 0 saturated carbocycles. The lowest BCUT2D eigenvalue weighted by atomic mass is 10.2. The summed E-state index contributed by atoms with van der Waals surface area (Å²) in [6.45, 7) is 3.47. The Bertz CT molecular complexity index is 1120. The lowest BCUT2D eigenvalue weighted by molar-refractivity contribution is 0.0593. The topological polar surface area (TPSA) is 108 Å². The normalized spacial score (nSPS) is 13.7. The van der Waals surface area contributed by atoms with E-state index in [1.165, 1.54) is 7.11 Å². The minimum atomic E-state index is -0.589. The number of aromatic hydroxyl groups is 1. The predicted molar refractivity (Wildman–Crippen MR) is 119 cm³/mol. The first kappa shape index (κ1) is 20.2. The number of nitrogen functional groups attached to an aromatic ring is 1. The van der Waals surface area contributed by atoms with E-state index in [2.05, 4.69) is 9.80 Å². The Morgan fingerprint density at radius 3 is 1.94 bits per heavy atom. The molecule has 1 aliphatic heterocycles. The molecule has 3 aromatic rings. The van der Waals surface area contributed by atoms with Crippen molar-refractivity contribution in [2.75, 3.05) is 48.8 Å². The molecule has 0 bridgehead atoms. The highest BCUT2D eigenvalue weighted by atomic mass is 16.5. The van der Waals surface area contributed by atoms with Crippen molar-refractivity contribution in [1.82, 2.24) is 4.57 Å². The van der Waals surface area contributed by atoms with E-state index in [9.17, 15) is 15.2 Å². The van der Waals surface area contributed by atoms with Crippen molar-refractivity contribution in [2.24, 2.45) is 0 Å². The van der Waals surface area contributed by atoms with Crippen LogP contribution in [0.15, 0.2) is 54.7 Å². The van der Waals surface area contributed by atoms with Crippen LogP contribution in [0.3, 0.4) is 0 Å². The van der Waals surface area contributed by atoms with Gasteiger partial charge in [-0.25, -0.2) is 4.79 Å². The first-order chi connectivity index (χ1) is 15.0. The predicted octanol–water partition coefficient (Wildman–Crippen LogP) is 2.75. The molecule has 1 saturated heterocycles. The first-order valence-corrected chi connectivity index (χ1v) is 9.90. The Morgan fingerprint density at radius 1 is 0.968 bits per heavy atom. The lowest BCUT2D eigenvalue weighted by Gasteiger charge is -2.37. The summed E-state index contributed by atoms with van der Waals surface area (Å²) in [5, 5.41) is 18.7. The van der Waals surface area contributed by atoms with E-state index in [0.717, 1.165) is 43.2 Å². The van der Waals surface area contributed by atoms with Crippen LogP contribution in [0.1, 0.15) is 16.1 Å². The van der Waals surface area contributed by atoms with Crippen molar-refractivity contribution >= 4 is 23.0 Å². The molecule has 8 heteroatoms. The van der Waals surface area contributed by atoms with Crippen LogP contribution in [0.25, 0.3) is 5.69 Å². The van der Waals surface area contributed by atoms with Crippen molar-refractivity contribution in [3.63, 3.8) is 0 Å². The van der Waals surface area contributed by atoms with Gasteiger partial charge in [0, 0.05) is 49.4 Å². The van der Waals surface area contributed by atoms with E-state index in [1.54, 1.807) is 22.9 Å². The summed E-state index contributed by atoms with van der Waals surface area (Å²) in [7, 11) is 1.28. The number of anilines is 3. The van der Waals surface area contributed by atoms with Crippen LogP contribution in [-0.4, -0.2) is 48.9 Å². The molecule has 0 radical (unpaired) electrons. The van der Waals surface area contributed by atoms with Gasteiger partial charge in [-0.1, -0.05) is 0 Å². The number of benzene rings is 2. The highest BCUT2D eigenvalue weighted by Crippen LogP contribution is 2.27. The Labute approximate surface area is 180 Å². The number of hydrogen-bond acceptors (Lipinski definition) is 7. The lowest BCUT2D eigenvalue weighted by Crippen LogP contribution is -2.46. The molecule has 158 valence electrons. The number of piperazine rings is 1. The first-order valence-electron chi connectivity index (χ1n) is 9.90. The van der Waals surface area contributed by atoms with E-state index >= 15 is 0 Å². The largest absolute Gasteiger partial charge is 0.508 e. The summed E-state index contributed by atoms with van der Waals surface area (Å²) in [6.07, 6.45) is 1.55. The minimum Gasteiger partial charge on any atom is -0.508 e. The minimum absolute atomic E-state index is 0.115. The van der Waals surface area contributed by atoms with E-state index in [-0.39, 0.29) is 22.7 Å². The van der Waals surface area contributed by atoms with Gasteiger partial charge in [0.1, 0.15) is 11.8 Å². The molecule has 1 fully saturated rings. The number of carbonyl (C=O) groups is 1. The van der Waals surface area contributed by atoms with Gasteiger partial charge in [-0.2, -0.15) is 5.26 Å².